The molecule has 196 valence electrons. The van der Waals surface area contributed by atoms with E-state index in [9.17, 15) is 34.2 Å². The first-order chi connectivity index (χ1) is 16.5. The Kier molecular flexibility index (Phi) is 12.8. The summed E-state index contributed by atoms with van der Waals surface area (Å²) in [4.78, 5) is 67.3. The van der Waals surface area contributed by atoms with Crippen molar-refractivity contribution in [2.24, 2.45) is 11.5 Å². The van der Waals surface area contributed by atoms with Crippen LogP contribution in [0.1, 0.15) is 31.9 Å². The van der Waals surface area contributed by atoms with E-state index in [1.54, 1.807) is 0 Å². The highest BCUT2D eigenvalue weighted by Gasteiger charge is 2.33. The molecule has 35 heavy (non-hydrogen) atoms. The zero-order chi connectivity index (χ0) is 26.5. The number of aromatic amines is 1. The molecule has 0 radical (unpaired) electrons. The predicted molar refractivity (Wildman–Crippen MR) is 127 cm³/mol. The van der Waals surface area contributed by atoms with E-state index >= 15 is 0 Å². The van der Waals surface area contributed by atoms with E-state index < -0.39 is 59.9 Å². The number of nitrogens with two attached hydrogens (primary N) is 2. The van der Waals surface area contributed by atoms with Crippen molar-refractivity contribution in [2.45, 2.75) is 62.9 Å². The number of H-pyrrole nitrogens is 1. The fourth-order valence-corrected chi connectivity index (χ4v) is 3.44. The minimum absolute atomic E-state index is 0.118. The van der Waals surface area contributed by atoms with Gasteiger partial charge < -0.3 is 42.6 Å². The zero-order valence-electron chi connectivity index (χ0n) is 19.5. The molecular formula is C20H33N7O7S. The monoisotopic (exact) mass is 515 g/mol. The molecule has 0 spiro atoms. The van der Waals surface area contributed by atoms with Crippen LogP contribution in [0.2, 0.25) is 0 Å². The number of carbonyl (C=O) groups excluding carboxylic acids is 4. The van der Waals surface area contributed by atoms with Crippen molar-refractivity contribution in [1.82, 2.24) is 25.9 Å². The number of hydrogen-bond donors (Lipinski definition) is 8. The summed E-state index contributed by atoms with van der Waals surface area (Å²) in [5.74, 6) is -3.91. The first-order valence-electron chi connectivity index (χ1n) is 10.8. The number of rotatable bonds is 16. The number of carboxylic acid groups (broad SMARTS) is 1. The van der Waals surface area contributed by atoms with Gasteiger partial charge in [-0.25, -0.2) is 9.78 Å². The van der Waals surface area contributed by atoms with Crippen LogP contribution in [0.5, 0.6) is 0 Å². The Hall–Kier alpha value is -3.17. The number of carboxylic acids is 1. The van der Waals surface area contributed by atoms with Gasteiger partial charge in [0.25, 0.3) is 0 Å². The van der Waals surface area contributed by atoms with Crippen LogP contribution in [0.25, 0.3) is 0 Å². The average Bonchev–Trinajstić information content (AvgIpc) is 3.30. The van der Waals surface area contributed by atoms with Gasteiger partial charge in [0.15, 0.2) is 0 Å². The number of thioether (sulfide) groups is 1. The maximum atomic E-state index is 12.9. The van der Waals surface area contributed by atoms with Crippen molar-refractivity contribution in [3.05, 3.63) is 18.2 Å². The Morgan fingerprint density at radius 1 is 1.09 bits per heavy atom. The van der Waals surface area contributed by atoms with Gasteiger partial charge in [-0.2, -0.15) is 11.8 Å². The van der Waals surface area contributed by atoms with Gasteiger partial charge in [-0.05, 0) is 31.8 Å². The van der Waals surface area contributed by atoms with Crippen molar-refractivity contribution < 1.29 is 34.2 Å². The summed E-state index contributed by atoms with van der Waals surface area (Å²) in [7, 11) is 0. The van der Waals surface area contributed by atoms with E-state index in [4.69, 9.17) is 11.5 Å². The largest absolute Gasteiger partial charge is 0.480 e. The minimum Gasteiger partial charge on any atom is -0.480 e. The summed E-state index contributed by atoms with van der Waals surface area (Å²) in [6, 6.07) is -5.10. The normalized spacial score (nSPS) is 15.2. The molecule has 4 amide bonds. The number of aliphatic hydroxyl groups excluding tert-OH is 1. The van der Waals surface area contributed by atoms with Gasteiger partial charge in [0.2, 0.25) is 23.6 Å². The van der Waals surface area contributed by atoms with Crippen molar-refractivity contribution in [2.75, 3.05) is 12.0 Å². The molecule has 0 aromatic carbocycles. The molecule has 5 atom stereocenters. The second-order valence-corrected chi connectivity index (χ2v) is 8.85. The molecule has 0 bridgehead atoms. The SMILES string of the molecule is CSCCC(N)C(=O)NC(CCC(N)=O)C(=O)NC(C(=O)NC(Cc1cnc[nH]1)C(=O)O)C(C)O. The molecule has 0 saturated carbocycles. The lowest BCUT2D eigenvalue weighted by molar-refractivity contribution is -0.143. The lowest BCUT2D eigenvalue weighted by Crippen LogP contribution is -2.60. The fraction of sp³-hybridized carbons (Fsp3) is 0.600. The molecule has 1 heterocycles. The number of hydrogen-bond acceptors (Lipinski definition) is 9. The predicted octanol–water partition coefficient (Wildman–Crippen LogP) is -2.78. The zero-order valence-corrected chi connectivity index (χ0v) is 20.3. The first kappa shape index (κ1) is 29.9. The van der Waals surface area contributed by atoms with Crippen LogP contribution >= 0.6 is 11.8 Å². The van der Waals surface area contributed by atoms with E-state index in [0.717, 1.165) is 0 Å². The lowest BCUT2D eigenvalue weighted by atomic mass is 10.1. The van der Waals surface area contributed by atoms with Crippen LogP contribution in [-0.2, 0) is 30.4 Å². The van der Waals surface area contributed by atoms with Crippen molar-refractivity contribution >= 4 is 41.4 Å². The number of carbonyl (C=O) groups is 5. The molecule has 0 saturated heterocycles. The number of aromatic nitrogens is 2. The highest BCUT2D eigenvalue weighted by atomic mass is 32.2. The number of amides is 4. The third-order valence-electron chi connectivity index (χ3n) is 4.94. The van der Waals surface area contributed by atoms with Gasteiger partial charge in [0, 0.05) is 24.7 Å². The molecular weight excluding hydrogens is 482 g/mol. The van der Waals surface area contributed by atoms with Gasteiger partial charge in [-0.3, -0.25) is 19.2 Å². The highest BCUT2D eigenvalue weighted by Crippen LogP contribution is 2.05. The summed E-state index contributed by atoms with van der Waals surface area (Å²) < 4.78 is 0. The average molecular weight is 516 g/mol. The van der Waals surface area contributed by atoms with Crippen LogP contribution in [0.3, 0.4) is 0 Å². The number of aliphatic hydroxyl groups is 1. The molecule has 5 unspecified atom stereocenters. The lowest BCUT2D eigenvalue weighted by Gasteiger charge is -2.26. The molecule has 10 N–H and O–H groups in total. The van der Waals surface area contributed by atoms with Crippen LogP contribution in [-0.4, -0.2) is 92.1 Å². The number of nitrogens with zero attached hydrogens (tertiary/aromatic N) is 1. The van der Waals surface area contributed by atoms with Gasteiger partial charge in [-0.15, -0.1) is 0 Å². The quantitative estimate of drug-likeness (QED) is 0.112. The van der Waals surface area contributed by atoms with Gasteiger partial charge in [-0.1, -0.05) is 0 Å². The highest BCUT2D eigenvalue weighted by molar-refractivity contribution is 7.98. The van der Waals surface area contributed by atoms with Crippen molar-refractivity contribution in [3.8, 4) is 0 Å². The van der Waals surface area contributed by atoms with Crippen molar-refractivity contribution in [1.29, 1.82) is 0 Å². The van der Waals surface area contributed by atoms with Gasteiger partial charge in [0.05, 0.1) is 18.5 Å². The Labute approximate surface area is 206 Å². The van der Waals surface area contributed by atoms with Crippen LogP contribution in [0.15, 0.2) is 12.5 Å². The van der Waals surface area contributed by atoms with Crippen molar-refractivity contribution in [3.63, 3.8) is 0 Å². The molecule has 0 aliphatic carbocycles. The molecule has 15 heteroatoms. The van der Waals surface area contributed by atoms with E-state index in [-0.39, 0.29) is 19.3 Å². The Balaban J connectivity index is 2.93. The number of imidazole rings is 1. The molecule has 1 aromatic rings. The third kappa shape index (κ3) is 10.7. The first-order valence-corrected chi connectivity index (χ1v) is 12.2. The molecule has 0 aliphatic heterocycles. The maximum Gasteiger partial charge on any atom is 0.326 e. The summed E-state index contributed by atoms with van der Waals surface area (Å²) >= 11 is 1.49. The number of aliphatic carboxylic acids is 1. The summed E-state index contributed by atoms with van der Waals surface area (Å²) in [5.41, 5.74) is 11.4. The number of nitrogens with one attached hydrogen (secondary N) is 4. The third-order valence-corrected chi connectivity index (χ3v) is 5.58. The number of primary amides is 1. The minimum atomic E-state index is -1.55. The van der Waals surface area contributed by atoms with E-state index in [0.29, 0.717) is 17.9 Å². The Morgan fingerprint density at radius 3 is 2.26 bits per heavy atom. The summed E-state index contributed by atoms with van der Waals surface area (Å²) in [6.45, 7) is 1.23. The van der Waals surface area contributed by atoms with Gasteiger partial charge >= 0.3 is 5.97 Å². The summed E-state index contributed by atoms with van der Waals surface area (Å²) in [5, 5.41) is 26.5. The topological polar surface area (TPSA) is 243 Å². The van der Waals surface area contributed by atoms with E-state index in [1.165, 1.54) is 31.2 Å². The van der Waals surface area contributed by atoms with E-state index in [1.807, 2.05) is 6.26 Å². The fourth-order valence-electron chi connectivity index (χ4n) is 2.95. The van der Waals surface area contributed by atoms with Crippen LogP contribution in [0.4, 0.5) is 0 Å². The van der Waals surface area contributed by atoms with Gasteiger partial charge in [0.1, 0.15) is 18.1 Å². The standard InChI is InChI=1S/C20H33N7O7S/c1-10(28)16(19(32)26-14(20(33)34)7-11-8-23-9-24-11)27-18(31)13(3-4-15(22)29)25-17(30)12(21)5-6-35-2/h8-10,12-14,16,28H,3-7,21H2,1-2H3,(H2,22,29)(H,23,24)(H,25,30)(H,26,32)(H,27,31)(H,33,34). The molecule has 0 aliphatic rings. The molecule has 1 aromatic heterocycles. The van der Waals surface area contributed by atoms with Crippen LogP contribution in [0, 0.1) is 0 Å². The smallest absolute Gasteiger partial charge is 0.326 e. The Bertz CT molecular complexity index is 866. The second-order valence-electron chi connectivity index (χ2n) is 7.86. The second kappa shape index (κ2) is 15.0. The summed E-state index contributed by atoms with van der Waals surface area (Å²) in [6.07, 6.45) is 2.99. The van der Waals surface area contributed by atoms with Crippen LogP contribution < -0.4 is 27.4 Å². The molecule has 1 rings (SSSR count). The molecule has 14 nitrogen and oxygen atoms in total. The maximum absolute atomic E-state index is 12.9. The molecule has 0 fully saturated rings. The van der Waals surface area contributed by atoms with E-state index in [2.05, 4.69) is 25.9 Å². The Morgan fingerprint density at radius 2 is 1.74 bits per heavy atom.